The highest BCUT2D eigenvalue weighted by atomic mass is 16.5. The smallest absolute Gasteiger partial charge is 0.145 e. The van der Waals surface area contributed by atoms with Gasteiger partial charge in [-0.15, -0.1) is 0 Å². The highest BCUT2D eigenvalue weighted by Crippen LogP contribution is 2.39. The fourth-order valence-corrected chi connectivity index (χ4v) is 7.19. The van der Waals surface area contributed by atoms with Crippen LogP contribution in [-0.2, 0) is 6.42 Å². The van der Waals surface area contributed by atoms with Crippen molar-refractivity contribution < 1.29 is 4.74 Å². The number of benzene rings is 5. The molecule has 3 heteroatoms. The number of unbranched alkanes of at least 4 members (excludes halogenated alkanes) is 5. The van der Waals surface area contributed by atoms with E-state index in [4.69, 9.17) is 9.72 Å². The fraction of sp³-hybridized carbons (Fsp3) is 0.326. The molecule has 1 unspecified atom stereocenters. The Hall–Kier alpha value is -4.37. The molecular weight excluding hydrogens is 560 g/mol. The molecule has 0 saturated carbocycles. The zero-order valence-electron chi connectivity index (χ0n) is 27.3. The van der Waals surface area contributed by atoms with Gasteiger partial charge in [-0.05, 0) is 85.5 Å². The van der Waals surface area contributed by atoms with E-state index in [0.29, 0.717) is 0 Å². The molecule has 0 radical (unpaired) electrons. The molecule has 1 aliphatic carbocycles. The van der Waals surface area contributed by atoms with Gasteiger partial charge in [-0.2, -0.15) is 0 Å². The van der Waals surface area contributed by atoms with E-state index in [9.17, 15) is 0 Å². The van der Waals surface area contributed by atoms with Crippen LogP contribution in [0, 0.1) is 0 Å². The Kier molecular flexibility index (Phi) is 9.47. The number of ether oxygens (including phenoxy) is 1. The van der Waals surface area contributed by atoms with Crippen LogP contribution in [0.25, 0.3) is 49.7 Å². The standard InChI is InChI=1S/C43H46N2O/c1-2-3-4-5-7-10-17-32-24-26-33(27-25-32)43-44-41-39-22-15-13-20-37(39)38-21-14-16-23-40(38)42(41)45(43)34-28-30-36(31-29-34)46-35-18-11-8-6-9-12-19-35/h6,8,13-16,20-31,35H,2-5,7,9-12,17-19H2,1H3/b8-6-. The predicted octanol–water partition coefficient (Wildman–Crippen LogP) is 12.2. The molecule has 0 spiro atoms. The molecule has 6 aromatic rings. The predicted molar refractivity (Wildman–Crippen MR) is 195 cm³/mol. The van der Waals surface area contributed by atoms with Gasteiger partial charge in [-0.25, -0.2) is 4.98 Å². The highest BCUT2D eigenvalue weighted by molar-refractivity contribution is 6.24. The maximum Gasteiger partial charge on any atom is 0.145 e. The summed E-state index contributed by atoms with van der Waals surface area (Å²) in [5.41, 5.74) is 5.84. The lowest BCUT2D eigenvalue weighted by molar-refractivity contribution is 0.178. The largest absolute Gasteiger partial charge is 0.490 e. The van der Waals surface area contributed by atoms with Crippen LogP contribution in [0.4, 0.5) is 0 Å². The number of fused-ring (bicyclic) bond motifs is 6. The van der Waals surface area contributed by atoms with Crippen LogP contribution in [-0.4, -0.2) is 15.7 Å². The van der Waals surface area contributed by atoms with E-state index < -0.39 is 0 Å². The van der Waals surface area contributed by atoms with Crippen molar-refractivity contribution in [2.45, 2.75) is 90.1 Å². The van der Waals surface area contributed by atoms with Crippen LogP contribution >= 0.6 is 0 Å². The van der Waals surface area contributed by atoms with Crippen molar-refractivity contribution in [3.63, 3.8) is 0 Å². The molecule has 1 heterocycles. The number of aromatic nitrogens is 2. The molecule has 0 fully saturated rings. The molecule has 0 N–H and O–H groups in total. The van der Waals surface area contributed by atoms with Crippen LogP contribution in [0.2, 0.25) is 0 Å². The minimum atomic E-state index is 0.269. The first-order valence-electron chi connectivity index (χ1n) is 17.6. The number of nitrogens with zero attached hydrogens (tertiary/aromatic N) is 2. The average molecular weight is 607 g/mol. The Morgan fingerprint density at radius 3 is 2.13 bits per heavy atom. The lowest BCUT2D eigenvalue weighted by Crippen LogP contribution is -2.17. The number of imidazole rings is 1. The SMILES string of the molecule is CCCCCCCCc1ccc(-c2nc3c4ccccc4c4ccccc4c3n2-c2ccc(OC3CC/C=C\CCC3)cc2)cc1. The molecule has 1 aliphatic rings. The lowest BCUT2D eigenvalue weighted by Gasteiger charge is -2.20. The second-order valence-electron chi connectivity index (χ2n) is 13.0. The summed E-state index contributed by atoms with van der Waals surface area (Å²) in [7, 11) is 0. The van der Waals surface area contributed by atoms with Gasteiger partial charge in [0, 0.05) is 22.0 Å². The van der Waals surface area contributed by atoms with E-state index >= 15 is 0 Å². The number of hydrogen-bond donors (Lipinski definition) is 0. The second kappa shape index (κ2) is 14.4. The summed E-state index contributed by atoms with van der Waals surface area (Å²) < 4.78 is 8.88. The summed E-state index contributed by atoms with van der Waals surface area (Å²) in [6.45, 7) is 2.28. The van der Waals surface area contributed by atoms with E-state index in [1.165, 1.54) is 72.1 Å². The highest BCUT2D eigenvalue weighted by Gasteiger charge is 2.20. The summed E-state index contributed by atoms with van der Waals surface area (Å²) in [6, 6.07) is 35.3. The third-order valence-corrected chi connectivity index (χ3v) is 9.68. The third kappa shape index (κ3) is 6.47. The molecule has 0 saturated heterocycles. The number of hydrogen-bond acceptors (Lipinski definition) is 2. The van der Waals surface area contributed by atoms with Crippen LogP contribution in [0.15, 0.2) is 109 Å². The molecule has 1 aromatic heterocycles. The van der Waals surface area contributed by atoms with Crippen molar-refractivity contribution in [2.24, 2.45) is 0 Å². The first kappa shape index (κ1) is 30.3. The topological polar surface area (TPSA) is 27.1 Å². The number of rotatable bonds is 11. The van der Waals surface area contributed by atoms with Crippen molar-refractivity contribution >= 4 is 32.6 Å². The first-order valence-corrected chi connectivity index (χ1v) is 17.6. The monoisotopic (exact) mass is 606 g/mol. The van der Waals surface area contributed by atoms with Crippen LogP contribution < -0.4 is 4.74 Å². The summed E-state index contributed by atoms with van der Waals surface area (Å²) >= 11 is 0. The van der Waals surface area contributed by atoms with Gasteiger partial charge in [0.15, 0.2) is 0 Å². The van der Waals surface area contributed by atoms with E-state index in [-0.39, 0.29) is 6.10 Å². The van der Waals surface area contributed by atoms with Gasteiger partial charge in [0.05, 0.1) is 17.1 Å². The van der Waals surface area contributed by atoms with Crippen LogP contribution in [0.1, 0.15) is 83.1 Å². The summed E-state index contributed by atoms with van der Waals surface area (Å²) in [6.07, 6.45) is 19.6. The molecule has 234 valence electrons. The number of allylic oxidation sites excluding steroid dienone is 2. The molecule has 0 bridgehead atoms. The molecule has 46 heavy (non-hydrogen) atoms. The Labute approximate surface area is 273 Å². The van der Waals surface area contributed by atoms with Gasteiger partial charge >= 0.3 is 0 Å². The minimum Gasteiger partial charge on any atom is -0.490 e. The molecule has 0 aliphatic heterocycles. The van der Waals surface area contributed by atoms with Gasteiger partial charge in [-0.3, -0.25) is 4.57 Å². The third-order valence-electron chi connectivity index (χ3n) is 9.68. The Bertz CT molecular complexity index is 1930. The van der Waals surface area contributed by atoms with Gasteiger partial charge in [0.25, 0.3) is 0 Å². The maximum atomic E-state index is 6.51. The molecule has 5 aromatic carbocycles. The van der Waals surface area contributed by atoms with Crippen LogP contribution in [0.5, 0.6) is 5.75 Å². The van der Waals surface area contributed by atoms with E-state index in [0.717, 1.165) is 66.0 Å². The first-order chi connectivity index (χ1) is 22.8. The van der Waals surface area contributed by atoms with E-state index in [2.05, 4.69) is 121 Å². The van der Waals surface area contributed by atoms with Crippen molar-refractivity contribution in [2.75, 3.05) is 0 Å². The zero-order valence-corrected chi connectivity index (χ0v) is 27.3. The molecule has 1 atom stereocenters. The minimum absolute atomic E-state index is 0.269. The quantitative estimate of drug-likeness (QED) is 0.0833. The van der Waals surface area contributed by atoms with Crippen LogP contribution in [0.3, 0.4) is 0 Å². The Morgan fingerprint density at radius 2 is 1.35 bits per heavy atom. The molecular formula is C43H46N2O. The van der Waals surface area contributed by atoms with Crippen molar-refractivity contribution in [3.8, 4) is 22.8 Å². The van der Waals surface area contributed by atoms with Gasteiger partial charge in [0.2, 0.25) is 0 Å². The Balaban J connectivity index is 1.28. The Morgan fingerprint density at radius 1 is 0.674 bits per heavy atom. The average Bonchev–Trinajstić information content (AvgIpc) is 3.49. The van der Waals surface area contributed by atoms with E-state index in [1.54, 1.807) is 0 Å². The zero-order chi connectivity index (χ0) is 31.1. The summed E-state index contributed by atoms with van der Waals surface area (Å²) in [5, 5.41) is 4.91. The molecule has 7 rings (SSSR count). The maximum absolute atomic E-state index is 6.51. The summed E-state index contributed by atoms with van der Waals surface area (Å²) in [4.78, 5) is 5.43. The summed E-state index contributed by atoms with van der Waals surface area (Å²) in [5.74, 6) is 1.92. The van der Waals surface area contributed by atoms with Gasteiger partial charge < -0.3 is 4.74 Å². The lowest BCUT2D eigenvalue weighted by atomic mass is 10.00. The second-order valence-corrected chi connectivity index (χ2v) is 13.0. The van der Waals surface area contributed by atoms with Crippen molar-refractivity contribution in [1.82, 2.24) is 9.55 Å². The van der Waals surface area contributed by atoms with E-state index in [1.807, 2.05) is 0 Å². The van der Waals surface area contributed by atoms with Crippen molar-refractivity contribution in [3.05, 3.63) is 115 Å². The number of aryl methyl sites for hydroxylation is 1. The molecule has 0 amide bonds. The molecule has 3 nitrogen and oxygen atoms in total. The fourth-order valence-electron chi connectivity index (χ4n) is 7.19. The van der Waals surface area contributed by atoms with Gasteiger partial charge in [-0.1, -0.05) is 124 Å². The van der Waals surface area contributed by atoms with Crippen molar-refractivity contribution in [1.29, 1.82) is 0 Å². The van der Waals surface area contributed by atoms with Gasteiger partial charge in [0.1, 0.15) is 11.6 Å². The normalized spacial score (nSPS) is 16.1.